The summed E-state index contributed by atoms with van der Waals surface area (Å²) in [6.45, 7) is 4.99. The summed E-state index contributed by atoms with van der Waals surface area (Å²) in [5.41, 5.74) is 0.663. The molecule has 1 N–H and O–H groups in total. The Morgan fingerprint density at radius 1 is 1.16 bits per heavy atom. The van der Waals surface area contributed by atoms with E-state index in [2.05, 4.69) is 11.9 Å². The van der Waals surface area contributed by atoms with Gasteiger partial charge in [-0.3, -0.25) is 19.3 Å². The summed E-state index contributed by atoms with van der Waals surface area (Å²) >= 11 is 5.95. The normalized spacial score (nSPS) is 13.5. The van der Waals surface area contributed by atoms with Crippen molar-refractivity contribution in [1.82, 2.24) is 4.90 Å². The first-order valence-corrected chi connectivity index (χ1v) is 9.61. The van der Waals surface area contributed by atoms with Crippen molar-refractivity contribution in [3.63, 3.8) is 0 Å². The minimum Gasteiger partial charge on any atom is -0.495 e. The maximum Gasteiger partial charge on any atom is 0.338 e. The van der Waals surface area contributed by atoms with E-state index in [1.54, 1.807) is 12.1 Å². The van der Waals surface area contributed by atoms with Gasteiger partial charge in [-0.05, 0) is 43.3 Å². The van der Waals surface area contributed by atoms with E-state index in [1.807, 2.05) is 0 Å². The van der Waals surface area contributed by atoms with Crippen molar-refractivity contribution in [2.24, 2.45) is 0 Å². The number of fused-ring (bicyclic) bond motifs is 1. The molecule has 1 heterocycles. The fourth-order valence-corrected chi connectivity index (χ4v) is 3.18. The Morgan fingerprint density at radius 3 is 2.55 bits per heavy atom. The molecule has 0 saturated carbocycles. The second-order valence-corrected chi connectivity index (χ2v) is 7.09. The van der Waals surface area contributed by atoms with Gasteiger partial charge in [0.05, 0.1) is 29.5 Å². The topological polar surface area (TPSA) is 102 Å². The van der Waals surface area contributed by atoms with Crippen LogP contribution in [0, 0.1) is 0 Å². The molecule has 0 radical (unpaired) electrons. The molecule has 2 aromatic rings. The summed E-state index contributed by atoms with van der Waals surface area (Å²) in [4.78, 5) is 50.7. The van der Waals surface area contributed by atoms with Crippen molar-refractivity contribution in [3.8, 4) is 5.75 Å². The van der Waals surface area contributed by atoms with E-state index in [0.717, 1.165) is 4.90 Å². The molecular weight excluding hydrogens is 424 g/mol. The Kier molecular flexibility index (Phi) is 6.41. The van der Waals surface area contributed by atoms with Crippen LogP contribution in [-0.4, -0.2) is 48.3 Å². The van der Waals surface area contributed by atoms with Gasteiger partial charge in [0.15, 0.2) is 6.10 Å². The molecular formula is C22H19ClN2O6. The summed E-state index contributed by atoms with van der Waals surface area (Å²) in [5, 5.41) is 2.99. The van der Waals surface area contributed by atoms with Crippen molar-refractivity contribution in [3.05, 3.63) is 70.8 Å². The zero-order valence-corrected chi connectivity index (χ0v) is 17.6. The van der Waals surface area contributed by atoms with E-state index < -0.39 is 29.8 Å². The van der Waals surface area contributed by atoms with Gasteiger partial charge in [-0.1, -0.05) is 17.7 Å². The first-order valence-electron chi connectivity index (χ1n) is 9.23. The lowest BCUT2D eigenvalue weighted by atomic mass is 10.1. The molecule has 2 aromatic carbocycles. The van der Waals surface area contributed by atoms with Crippen LogP contribution < -0.4 is 10.1 Å². The van der Waals surface area contributed by atoms with Gasteiger partial charge in [-0.25, -0.2) is 4.79 Å². The fourth-order valence-electron chi connectivity index (χ4n) is 3.01. The van der Waals surface area contributed by atoms with E-state index in [-0.39, 0.29) is 23.2 Å². The van der Waals surface area contributed by atoms with Crippen LogP contribution in [0.25, 0.3) is 0 Å². The molecule has 0 aromatic heterocycles. The van der Waals surface area contributed by atoms with Gasteiger partial charge in [0.1, 0.15) is 5.75 Å². The molecule has 8 nitrogen and oxygen atoms in total. The highest BCUT2D eigenvalue weighted by Gasteiger charge is 2.35. The van der Waals surface area contributed by atoms with Crippen LogP contribution in [0.2, 0.25) is 5.02 Å². The number of esters is 1. The molecule has 31 heavy (non-hydrogen) atoms. The van der Waals surface area contributed by atoms with Crippen LogP contribution in [0.4, 0.5) is 5.69 Å². The largest absolute Gasteiger partial charge is 0.495 e. The Bertz CT molecular complexity index is 1100. The summed E-state index contributed by atoms with van der Waals surface area (Å²) < 4.78 is 10.4. The van der Waals surface area contributed by atoms with Gasteiger partial charge in [0.25, 0.3) is 17.7 Å². The third-order valence-corrected chi connectivity index (χ3v) is 4.83. The summed E-state index contributed by atoms with van der Waals surface area (Å²) in [6.07, 6.45) is 0.283. The first-order chi connectivity index (χ1) is 14.8. The molecule has 0 saturated heterocycles. The molecule has 1 aliphatic rings. The predicted octanol–water partition coefficient (Wildman–Crippen LogP) is 3.31. The van der Waals surface area contributed by atoms with Gasteiger partial charge in [-0.15, -0.1) is 6.58 Å². The average molecular weight is 443 g/mol. The van der Waals surface area contributed by atoms with Crippen LogP contribution in [-0.2, 0) is 9.53 Å². The van der Waals surface area contributed by atoms with Crippen molar-refractivity contribution >= 4 is 41.0 Å². The lowest BCUT2D eigenvalue weighted by Crippen LogP contribution is -2.30. The van der Waals surface area contributed by atoms with Crippen LogP contribution in [0.15, 0.2) is 49.1 Å². The van der Waals surface area contributed by atoms with E-state index >= 15 is 0 Å². The van der Waals surface area contributed by atoms with E-state index in [4.69, 9.17) is 21.1 Å². The van der Waals surface area contributed by atoms with Gasteiger partial charge in [0, 0.05) is 11.6 Å². The van der Waals surface area contributed by atoms with Crippen molar-refractivity contribution in [2.75, 3.05) is 19.0 Å². The van der Waals surface area contributed by atoms with Gasteiger partial charge >= 0.3 is 5.97 Å². The number of imide groups is 1. The molecule has 1 atom stereocenters. The first kappa shape index (κ1) is 22.0. The number of methoxy groups -OCH3 is 1. The smallest absolute Gasteiger partial charge is 0.338 e. The highest BCUT2D eigenvalue weighted by molar-refractivity contribution is 6.31. The highest BCUT2D eigenvalue weighted by Crippen LogP contribution is 2.28. The number of nitrogens with one attached hydrogen (secondary N) is 1. The molecule has 0 fully saturated rings. The average Bonchev–Trinajstić information content (AvgIpc) is 2.98. The molecule has 3 rings (SSSR count). The third kappa shape index (κ3) is 4.44. The number of anilines is 1. The van der Waals surface area contributed by atoms with Crippen molar-refractivity contribution in [2.45, 2.75) is 13.0 Å². The molecule has 3 amide bonds. The van der Waals surface area contributed by atoms with E-state index in [0.29, 0.717) is 16.5 Å². The molecule has 160 valence electrons. The second-order valence-electron chi connectivity index (χ2n) is 6.65. The fraction of sp³-hybridized carbons (Fsp3) is 0.182. The number of ether oxygens (including phenoxy) is 2. The number of benzene rings is 2. The monoisotopic (exact) mass is 442 g/mol. The minimum atomic E-state index is -1.15. The van der Waals surface area contributed by atoms with Crippen molar-refractivity contribution in [1.29, 1.82) is 0 Å². The number of carbonyl (C=O) groups is 4. The van der Waals surface area contributed by atoms with Crippen LogP contribution in [0.1, 0.15) is 38.0 Å². The van der Waals surface area contributed by atoms with E-state index in [9.17, 15) is 19.2 Å². The predicted molar refractivity (Wildman–Crippen MR) is 114 cm³/mol. The quantitative estimate of drug-likeness (QED) is 0.401. The molecule has 0 bridgehead atoms. The molecule has 1 unspecified atom stereocenters. The zero-order valence-electron chi connectivity index (χ0n) is 16.8. The Labute approximate surface area is 183 Å². The maximum absolute atomic E-state index is 12.5. The Hall–Kier alpha value is -3.65. The number of halogens is 1. The molecule has 0 aliphatic carbocycles. The number of carbonyl (C=O) groups excluding carboxylic acids is 4. The maximum atomic E-state index is 12.5. The van der Waals surface area contributed by atoms with Crippen LogP contribution in [0.5, 0.6) is 5.75 Å². The van der Waals surface area contributed by atoms with Crippen LogP contribution >= 0.6 is 11.6 Å². The van der Waals surface area contributed by atoms with Crippen LogP contribution in [0.3, 0.4) is 0 Å². The third-order valence-electron chi connectivity index (χ3n) is 4.59. The van der Waals surface area contributed by atoms with Gasteiger partial charge in [-0.2, -0.15) is 0 Å². The number of nitrogens with zero attached hydrogens (tertiary/aromatic N) is 1. The second kappa shape index (κ2) is 9.01. The minimum absolute atomic E-state index is 0.0420. The Morgan fingerprint density at radius 2 is 1.87 bits per heavy atom. The Balaban J connectivity index is 1.72. The van der Waals surface area contributed by atoms with Crippen molar-refractivity contribution < 1.29 is 28.7 Å². The number of hydrogen-bond donors (Lipinski definition) is 1. The standard InChI is InChI=1S/C22H19ClN2O6/c1-4-9-25-20(27)15-7-5-13(10-16(15)21(25)28)22(29)31-12(2)19(26)24-17-11-14(23)6-8-18(17)30-3/h4-8,10-12H,1,9H2,2-3H3,(H,24,26). The lowest BCUT2D eigenvalue weighted by Gasteiger charge is -2.15. The number of amides is 3. The molecule has 0 spiro atoms. The zero-order chi connectivity index (χ0) is 22.7. The SMILES string of the molecule is C=CCN1C(=O)c2ccc(C(=O)OC(C)C(=O)Nc3cc(Cl)ccc3OC)cc2C1=O. The molecule has 9 heteroatoms. The highest BCUT2D eigenvalue weighted by atomic mass is 35.5. The summed E-state index contributed by atoms with van der Waals surface area (Å²) in [6, 6.07) is 8.74. The van der Waals surface area contributed by atoms with Gasteiger partial charge in [0.2, 0.25) is 0 Å². The summed E-state index contributed by atoms with van der Waals surface area (Å²) in [5.74, 6) is -2.00. The van der Waals surface area contributed by atoms with Gasteiger partial charge < -0.3 is 14.8 Å². The lowest BCUT2D eigenvalue weighted by molar-refractivity contribution is -0.123. The number of rotatable bonds is 7. The molecule has 1 aliphatic heterocycles. The number of hydrogen-bond acceptors (Lipinski definition) is 6. The summed E-state index contributed by atoms with van der Waals surface area (Å²) in [7, 11) is 1.44. The van der Waals surface area contributed by atoms with E-state index in [1.165, 1.54) is 44.4 Å².